The van der Waals surface area contributed by atoms with E-state index in [0.717, 1.165) is 22.5 Å². The van der Waals surface area contributed by atoms with Crippen LogP contribution in [-0.2, 0) is 16.0 Å². The third-order valence-corrected chi connectivity index (χ3v) is 4.28. The molecule has 0 atom stereocenters. The Morgan fingerprint density at radius 3 is 2.70 bits per heavy atom. The highest BCUT2D eigenvalue weighted by Gasteiger charge is 2.30. The van der Waals surface area contributed by atoms with Gasteiger partial charge in [-0.3, -0.25) is 14.6 Å². The van der Waals surface area contributed by atoms with Crippen molar-refractivity contribution in [3.05, 3.63) is 47.3 Å². The van der Waals surface area contributed by atoms with Gasteiger partial charge < -0.3 is 10.2 Å². The first-order chi connectivity index (χ1) is 11.0. The van der Waals surface area contributed by atoms with Crippen LogP contribution in [0.25, 0.3) is 11.1 Å². The van der Waals surface area contributed by atoms with Crippen LogP contribution in [0.4, 0.5) is 5.69 Å². The lowest BCUT2D eigenvalue weighted by molar-refractivity contribution is -0.122. The Labute approximate surface area is 135 Å². The second-order valence-corrected chi connectivity index (χ2v) is 5.82. The van der Waals surface area contributed by atoms with Crippen molar-refractivity contribution >= 4 is 17.5 Å². The topological polar surface area (TPSA) is 62.3 Å². The molecule has 2 amide bonds. The van der Waals surface area contributed by atoms with Gasteiger partial charge >= 0.3 is 0 Å². The van der Waals surface area contributed by atoms with Crippen molar-refractivity contribution in [1.29, 1.82) is 0 Å². The summed E-state index contributed by atoms with van der Waals surface area (Å²) in [5.41, 5.74) is 5.91. The lowest BCUT2D eigenvalue weighted by Gasteiger charge is -2.16. The monoisotopic (exact) mass is 309 g/mol. The Hall–Kier alpha value is -2.69. The molecule has 1 aliphatic heterocycles. The van der Waals surface area contributed by atoms with Crippen molar-refractivity contribution < 1.29 is 9.59 Å². The molecular weight excluding hydrogens is 290 g/mol. The van der Waals surface area contributed by atoms with Crippen LogP contribution >= 0.6 is 0 Å². The fraction of sp³-hybridized carbons (Fsp3) is 0.278. The van der Waals surface area contributed by atoms with Gasteiger partial charge in [-0.15, -0.1) is 0 Å². The van der Waals surface area contributed by atoms with Crippen LogP contribution in [0, 0.1) is 13.8 Å². The van der Waals surface area contributed by atoms with Gasteiger partial charge in [0.2, 0.25) is 11.8 Å². The fourth-order valence-electron chi connectivity index (χ4n) is 2.70. The molecule has 118 valence electrons. The number of carbonyl (C=O) groups excluding carboxylic acids is 2. The maximum Gasteiger partial charge on any atom is 0.239 e. The summed E-state index contributed by atoms with van der Waals surface area (Å²) in [5.74, 6) is -0.281. The molecule has 3 rings (SSSR count). The van der Waals surface area contributed by atoms with Crippen LogP contribution in [0.2, 0.25) is 0 Å². The van der Waals surface area contributed by atoms with E-state index in [1.807, 2.05) is 12.1 Å². The van der Waals surface area contributed by atoms with E-state index in [1.54, 1.807) is 13.2 Å². The lowest BCUT2D eigenvalue weighted by atomic mass is 10.0. The molecule has 0 saturated heterocycles. The molecule has 0 radical (unpaired) electrons. The van der Waals surface area contributed by atoms with E-state index in [2.05, 4.69) is 36.3 Å². The quantitative estimate of drug-likeness (QED) is 0.943. The van der Waals surface area contributed by atoms with Crippen LogP contribution < -0.4 is 10.2 Å². The summed E-state index contributed by atoms with van der Waals surface area (Å²) in [7, 11) is 1.56. The van der Waals surface area contributed by atoms with Gasteiger partial charge in [0.1, 0.15) is 6.54 Å². The average molecular weight is 309 g/mol. The number of benzene rings is 1. The summed E-state index contributed by atoms with van der Waals surface area (Å²) in [6.45, 7) is 4.17. The number of hydrogen-bond donors (Lipinski definition) is 1. The molecule has 0 fully saturated rings. The normalized spacial score (nSPS) is 13.2. The minimum atomic E-state index is -0.192. The van der Waals surface area contributed by atoms with E-state index < -0.39 is 0 Å². The Kier molecular flexibility index (Phi) is 3.86. The fourth-order valence-corrected chi connectivity index (χ4v) is 2.70. The van der Waals surface area contributed by atoms with E-state index in [-0.39, 0.29) is 24.8 Å². The predicted molar refractivity (Wildman–Crippen MR) is 89.3 cm³/mol. The summed E-state index contributed by atoms with van der Waals surface area (Å²) in [6, 6.07) is 8.18. The molecule has 1 N–H and O–H groups in total. The molecule has 23 heavy (non-hydrogen) atoms. The Morgan fingerprint density at radius 1 is 1.22 bits per heavy atom. The first-order valence-corrected chi connectivity index (χ1v) is 7.57. The van der Waals surface area contributed by atoms with Crippen molar-refractivity contribution in [2.75, 3.05) is 18.5 Å². The van der Waals surface area contributed by atoms with Gasteiger partial charge in [-0.05, 0) is 36.6 Å². The minimum Gasteiger partial charge on any atom is -0.358 e. The second-order valence-electron chi connectivity index (χ2n) is 5.82. The number of nitrogens with zero attached hydrogens (tertiary/aromatic N) is 2. The molecule has 0 unspecified atom stereocenters. The molecule has 2 heterocycles. The molecule has 1 aliphatic rings. The van der Waals surface area contributed by atoms with Crippen molar-refractivity contribution in [3.63, 3.8) is 0 Å². The van der Waals surface area contributed by atoms with E-state index in [1.165, 1.54) is 16.0 Å². The summed E-state index contributed by atoms with van der Waals surface area (Å²) in [4.78, 5) is 29.7. The molecule has 0 aliphatic carbocycles. The third kappa shape index (κ3) is 2.82. The summed E-state index contributed by atoms with van der Waals surface area (Å²) in [6.07, 6.45) is 2.04. The SMILES string of the molecule is CNC(=O)CN1C(=O)Cc2ncc(-c3ccc(C)c(C)c3)cc21. The maximum absolute atomic E-state index is 12.1. The van der Waals surface area contributed by atoms with Gasteiger partial charge in [0.05, 0.1) is 17.8 Å². The maximum atomic E-state index is 12.1. The van der Waals surface area contributed by atoms with Crippen molar-refractivity contribution in [1.82, 2.24) is 10.3 Å². The number of pyridine rings is 1. The van der Waals surface area contributed by atoms with Crippen LogP contribution in [0.3, 0.4) is 0 Å². The summed E-state index contributed by atoms with van der Waals surface area (Å²) >= 11 is 0. The number of aromatic nitrogens is 1. The van der Waals surface area contributed by atoms with E-state index >= 15 is 0 Å². The second kappa shape index (κ2) is 5.83. The van der Waals surface area contributed by atoms with E-state index in [0.29, 0.717) is 0 Å². The molecular formula is C18H19N3O2. The molecule has 0 spiro atoms. The van der Waals surface area contributed by atoms with Gasteiger partial charge in [-0.1, -0.05) is 18.2 Å². The van der Waals surface area contributed by atoms with Gasteiger partial charge in [0, 0.05) is 18.8 Å². The number of rotatable bonds is 3. The molecule has 2 aromatic rings. The van der Waals surface area contributed by atoms with Gasteiger partial charge in [-0.2, -0.15) is 0 Å². The predicted octanol–water partition coefficient (Wildman–Crippen LogP) is 2.00. The molecule has 5 heteroatoms. The number of aryl methyl sites for hydroxylation is 2. The Bertz CT molecular complexity index is 799. The highest BCUT2D eigenvalue weighted by atomic mass is 16.2. The molecule has 0 saturated carbocycles. The van der Waals surface area contributed by atoms with Crippen LogP contribution in [0.5, 0.6) is 0 Å². The highest BCUT2D eigenvalue weighted by molar-refractivity contribution is 6.05. The Morgan fingerprint density at radius 2 is 2.00 bits per heavy atom. The first-order valence-electron chi connectivity index (χ1n) is 7.57. The van der Waals surface area contributed by atoms with Crippen LogP contribution in [0.15, 0.2) is 30.5 Å². The first kappa shape index (κ1) is 15.2. The molecule has 0 bridgehead atoms. The van der Waals surface area contributed by atoms with Gasteiger partial charge in [-0.25, -0.2) is 0 Å². The zero-order chi connectivity index (χ0) is 16.6. The lowest BCUT2D eigenvalue weighted by Crippen LogP contribution is -2.37. The number of likely N-dealkylation sites (N-methyl/N-ethyl adjacent to an activating group) is 1. The van der Waals surface area contributed by atoms with Crippen LogP contribution in [0.1, 0.15) is 16.8 Å². The smallest absolute Gasteiger partial charge is 0.239 e. The van der Waals surface area contributed by atoms with E-state index in [9.17, 15) is 9.59 Å². The summed E-state index contributed by atoms with van der Waals surface area (Å²) < 4.78 is 0. The number of fused-ring (bicyclic) bond motifs is 1. The van der Waals surface area contributed by atoms with Crippen LogP contribution in [-0.4, -0.2) is 30.4 Å². The molecule has 1 aromatic carbocycles. The molecule has 1 aromatic heterocycles. The van der Waals surface area contributed by atoms with Crippen molar-refractivity contribution in [3.8, 4) is 11.1 Å². The standard InChI is InChI=1S/C18H19N3O2/c1-11-4-5-13(6-12(11)2)14-7-16-15(20-9-14)8-18(23)21(16)10-17(22)19-3/h4-7,9H,8,10H2,1-3H3,(H,19,22). The largest absolute Gasteiger partial charge is 0.358 e. The Balaban J connectivity index is 1.99. The number of anilines is 1. The zero-order valence-electron chi connectivity index (χ0n) is 13.5. The summed E-state index contributed by atoms with van der Waals surface area (Å²) in [5, 5.41) is 2.55. The average Bonchev–Trinajstić information content (AvgIpc) is 2.85. The third-order valence-electron chi connectivity index (χ3n) is 4.28. The number of nitrogens with one attached hydrogen (secondary N) is 1. The van der Waals surface area contributed by atoms with Gasteiger partial charge in [0.25, 0.3) is 0 Å². The van der Waals surface area contributed by atoms with Crippen molar-refractivity contribution in [2.45, 2.75) is 20.3 Å². The van der Waals surface area contributed by atoms with Gasteiger partial charge in [0.15, 0.2) is 0 Å². The van der Waals surface area contributed by atoms with Crippen molar-refractivity contribution in [2.24, 2.45) is 0 Å². The number of hydrogen-bond acceptors (Lipinski definition) is 3. The molecule has 5 nitrogen and oxygen atoms in total. The zero-order valence-corrected chi connectivity index (χ0v) is 13.5. The highest BCUT2D eigenvalue weighted by Crippen LogP contribution is 2.32. The number of carbonyl (C=O) groups is 2. The number of amides is 2. The van der Waals surface area contributed by atoms with E-state index in [4.69, 9.17) is 0 Å². The minimum absolute atomic E-state index is 0.0282.